The second-order valence-electron chi connectivity index (χ2n) is 7.81. The summed E-state index contributed by atoms with van der Waals surface area (Å²) in [5, 5.41) is 13.4. The number of hydrogen-bond acceptors (Lipinski definition) is 5. The second kappa shape index (κ2) is 11.3. The predicted molar refractivity (Wildman–Crippen MR) is 109 cm³/mol. The van der Waals surface area contributed by atoms with Crippen molar-refractivity contribution in [1.82, 2.24) is 15.1 Å². The number of likely N-dealkylation sites (tertiary alicyclic amines) is 1. The van der Waals surface area contributed by atoms with Gasteiger partial charge in [-0.15, -0.1) is 13.2 Å². The van der Waals surface area contributed by atoms with E-state index in [0.29, 0.717) is 38.8 Å². The number of piperidine rings is 1. The van der Waals surface area contributed by atoms with E-state index < -0.39 is 5.60 Å². The van der Waals surface area contributed by atoms with Gasteiger partial charge in [0.25, 0.3) is 0 Å². The zero-order valence-corrected chi connectivity index (χ0v) is 16.9. The number of carbonyl (C=O) groups is 2. The van der Waals surface area contributed by atoms with Crippen molar-refractivity contribution >= 4 is 11.8 Å². The van der Waals surface area contributed by atoms with Crippen LogP contribution in [0, 0.1) is 5.92 Å². The minimum absolute atomic E-state index is 0.0998. The molecule has 2 aliphatic rings. The first-order chi connectivity index (χ1) is 13.5. The number of hydrogen-bond donors (Lipinski definition) is 2. The van der Waals surface area contributed by atoms with Crippen LogP contribution in [0.5, 0.6) is 0 Å². The van der Waals surface area contributed by atoms with Gasteiger partial charge in [-0.25, -0.2) is 0 Å². The Bertz CT molecular complexity index is 536. The van der Waals surface area contributed by atoms with E-state index in [4.69, 9.17) is 4.74 Å². The molecule has 0 radical (unpaired) electrons. The Labute approximate surface area is 168 Å². The van der Waals surface area contributed by atoms with E-state index in [1.807, 2.05) is 4.90 Å². The lowest BCUT2D eigenvalue weighted by Crippen LogP contribution is -2.49. The van der Waals surface area contributed by atoms with Crippen LogP contribution < -0.4 is 5.32 Å². The second-order valence-corrected chi connectivity index (χ2v) is 7.81. The van der Waals surface area contributed by atoms with E-state index in [0.717, 1.165) is 39.3 Å². The summed E-state index contributed by atoms with van der Waals surface area (Å²) in [4.78, 5) is 29.0. The molecule has 0 spiro atoms. The molecular weight excluding hydrogens is 358 g/mol. The van der Waals surface area contributed by atoms with Gasteiger partial charge in [0.2, 0.25) is 11.8 Å². The van der Waals surface area contributed by atoms with E-state index in [-0.39, 0.29) is 24.3 Å². The Balaban J connectivity index is 1.78. The van der Waals surface area contributed by atoms with Gasteiger partial charge in [-0.05, 0) is 25.7 Å². The third kappa shape index (κ3) is 7.04. The van der Waals surface area contributed by atoms with Crippen molar-refractivity contribution in [3.8, 4) is 0 Å². The molecule has 2 saturated heterocycles. The molecule has 28 heavy (non-hydrogen) atoms. The van der Waals surface area contributed by atoms with Crippen LogP contribution in [-0.2, 0) is 14.3 Å². The molecular formula is C21H35N3O4. The third-order valence-electron chi connectivity index (χ3n) is 5.52. The molecule has 1 unspecified atom stereocenters. The standard InChI is InChI=1S/C21H35N3O4/c1-3-8-21(27,9-4-2)17-22-20(26)18-6-7-19(25)24(16-18)11-5-10-23-12-14-28-15-13-23/h3-4,18,27H,1-2,5-17H2,(H,22,26). The number of carbonyl (C=O) groups excluding carboxylic acids is 2. The summed E-state index contributed by atoms with van der Waals surface area (Å²) < 4.78 is 5.35. The van der Waals surface area contributed by atoms with Gasteiger partial charge in [0.15, 0.2) is 0 Å². The van der Waals surface area contributed by atoms with Gasteiger partial charge in [0.1, 0.15) is 0 Å². The molecule has 7 heteroatoms. The van der Waals surface area contributed by atoms with Crippen LogP contribution in [-0.4, -0.2) is 84.8 Å². The minimum Gasteiger partial charge on any atom is -0.387 e. The Morgan fingerprint density at radius 1 is 1.25 bits per heavy atom. The first-order valence-corrected chi connectivity index (χ1v) is 10.3. The number of ether oxygens (including phenoxy) is 1. The Hall–Kier alpha value is -1.70. The minimum atomic E-state index is -1.05. The van der Waals surface area contributed by atoms with Gasteiger partial charge < -0.3 is 20.1 Å². The highest BCUT2D eigenvalue weighted by Crippen LogP contribution is 2.20. The molecule has 2 N–H and O–H groups in total. The predicted octanol–water partition coefficient (Wildman–Crippen LogP) is 0.947. The number of nitrogens with one attached hydrogen (secondary N) is 1. The number of amides is 2. The average molecular weight is 394 g/mol. The van der Waals surface area contributed by atoms with Crippen LogP contribution in [0.15, 0.2) is 25.3 Å². The normalized spacial score (nSPS) is 21.4. The van der Waals surface area contributed by atoms with E-state index in [2.05, 4.69) is 23.4 Å². The quantitative estimate of drug-likeness (QED) is 0.511. The summed E-state index contributed by atoms with van der Waals surface area (Å²) in [5.41, 5.74) is -1.05. The molecule has 2 aliphatic heterocycles. The lowest BCUT2D eigenvalue weighted by molar-refractivity contribution is -0.138. The molecule has 0 aromatic heterocycles. The molecule has 7 nitrogen and oxygen atoms in total. The Morgan fingerprint density at radius 2 is 1.93 bits per heavy atom. The summed E-state index contributed by atoms with van der Waals surface area (Å²) in [6.45, 7) is 13.0. The highest BCUT2D eigenvalue weighted by atomic mass is 16.5. The summed E-state index contributed by atoms with van der Waals surface area (Å²) in [6, 6.07) is 0. The first kappa shape index (κ1) is 22.6. The van der Waals surface area contributed by atoms with Gasteiger partial charge in [-0.1, -0.05) is 12.2 Å². The molecule has 2 heterocycles. The zero-order valence-electron chi connectivity index (χ0n) is 16.9. The molecule has 0 saturated carbocycles. The first-order valence-electron chi connectivity index (χ1n) is 10.3. The fourth-order valence-electron chi connectivity index (χ4n) is 3.82. The molecule has 0 aromatic rings. The van der Waals surface area contributed by atoms with Crippen molar-refractivity contribution in [3.63, 3.8) is 0 Å². The third-order valence-corrected chi connectivity index (χ3v) is 5.52. The Morgan fingerprint density at radius 3 is 2.57 bits per heavy atom. The summed E-state index contributed by atoms with van der Waals surface area (Å²) in [6.07, 6.45) is 5.92. The fourth-order valence-corrected chi connectivity index (χ4v) is 3.82. The largest absolute Gasteiger partial charge is 0.387 e. The van der Waals surface area contributed by atoms with Gasteiger partial charge in [-0.3, -0.25) is 14.5 Å². The van der Waals surface area contributed by atoms with Crippen molar-refractivity contribution in [2.45, 2.75) is 37.7 Å². The van der Waals surface area contributed by atoms with Crippen molar-refractivity contribution in [2.75, 3.05) is 52.5 Å². The number of aliphatic hydroxyl groups is 1. The van der Waals surface area contributed by atoms with E-state index in [9.17, 15) is 14.7 Å². The monoisotopic (exact) mass is 393 g/mol. The number of morpholine rings is 1. The maximum Gasteiger partial charge on any atom is 0.225 e. The smallest absolute Gasteiger partial charge is 0.225 e. The van der Waals surface area contributed by atoms with E-state index >= 15 is 0 Å². The lowest BCUT2D eigenvalue weighted by Gasteiger charge is -2.34. The van der Waals surface area contributed by atoms with Gasteiger partial charge >= 0.3 is 0 Å². The highest BCUT2D eigenvalue weighted by molar-refractivity contribution is 5.83. The van der Waals surface area contributed by atoms with Crippen LogP contribution in [0.2, 0.25) is 0 Å². The van der Waals surface area contributed by atoms with E-state index in [1.165, 1.54) is 0 Å². The molecule has 158 valence electrons. The SMILES string of the molecule is C=CCC(O)(CC=C)CNC(=O)C1CCC(=O)N(CCCN2CCOCC2)C1. The van der Waals surface area contributed by atoms with Crippen molar-refractivity contribution in [3.05, 3.63) is 25.3 Å². The Kier molecular flexibility index (Phi) is 9.15. The van der Waals surface area contributed by atoms with Crippen molar-refractivity contribution in [2.24, 2.45) is 5.92 Å². The van der Waals surface area contributed by atoms with Gasteiger partial charge in [-0.2, -0.15) is 0 Å². The molecule has 0 aliphatic carbocycles. The molecule has 2 amide bonds. The molecule has 2 rings (SSSR count). The summed E-state index contributed by atoms with van der Waals surface area (Å²) >= 11 is 0. The topological polar surface area (TPSA) is 82.1 Å². The summed E-state index contributed by atoms with van der Waals surface area (Å²) in [5.74, 6) is -0.198. The molecule has 2 fully saturated rings. The number of rotatable bonds is 11. The van der Waals surface area contributed by atoms with Crippen molar-refractivity contribution in [1.29, 1.82) is 0 Å². The van der Waals surface area contributed by atoms with Crippen LogP contribution in [0.1, 0.15) is 32.1 Å². The fraction of sp³-hybridized carbons (Fsp3) is 0.714. The molecule has 1 atom stereocenters. The van der Waals surface area contributed by atoms with Gasteiger partial charge in [0.05, 0.1) is 24.7 Å². The van der Waals surface area contributed by atoms with Crippen LogP contribution >= 0.6 is 0 Å². The molecule has 0 bridgehead atoms. The van der Waals surface area contributed by atoms with Gasteiger partial charge in [0, 0.05) is 45.7 Å². The van der Waals surface area contributed by atoms with Crippen LogP contribution in [0.25, 0.3) is 0 Å². The summed E-state index contributed by atoms with van der Waals surface area (Å²) in [7, 11) is 0. The van der Waals surface area contributed by atoms with Crippen LogP contribution in [0.4, 0.5) is 0 Å². The highest BCUT2D eigenvalue weighted by Gasteiger charge is 2.32. The van der Waals surface area contributed by atoms with Crippen LogP contribution in [0.3, 0.4) is 0 Å². The zero-order chi connectivity index (χ0) is 20.4. The number of nitrogens with zero attached hydrogens (tertiary/aromatic N) is 2. The van der Waals surface area contributed by atoms with E-state index in [1.54, 1.807) is 12.2 Å². The lowest BCUT2D eigenvalue weighted by atomic mass is 9.93. The average Bonchev–Trinajstić information content (AvgIpc) is 2.69. The molecule has 0 aromatic carbocycles. The maximum atomic E-state index is 12.6. The maximum absolute atomic E-state index is 12.6. The van der Waals surface area contributed by atoms with Crippen molar-refractivity contribution < 1.29 is 19.4 Å².